The zero-order chi connectivity index (χ0) is 18.2. The molecule has 0 radical (unpaired) electrons. The minimum absolute atomic E-state index is 0.150. The zero-order valence-electron chi connectivity index (χ0n) is 13.1. The zero-order valence-corrected chi connectivity index (χ0v) is 13.1. The fourth-order valence-corrected chi connectivity index (χ4v) is 2.42. The van der Waals surface area contributed by atoms with Crippen LogP contribution in [0.3, 0.4) is 0 Å². The maximum Gasteiger partial charge on any atom is 0.418 e. The van der Waals surface area contributed by atoms with E-state index in [9.17, 15) is 22.8 Å². The summed E-state index contributed by atoms with van der Waals surface area (Å²) in [6, 6.07) is 6.10. The minimum atomic E-state index is -4.61. The van der Waals surface area contributed by atoms with Crippen LogP contribution in [-0.2, 0) is 15.8 Å². The number of aromatic nitrogens is 1. The quantitative estimate of drug-likeness (QED) is 0.826. The molecule has 1 saturated carbocycles. The molecule has 6 nitrogen and oxygen atoms in total. The van der Waals surface area contributed by atoms with Gasteiger partial charge in [-0.1, -0.05) is 17.3 Å². The first kappa shape index (κ1) is 17.0. The summed E-state index contributed by atoms with van der Waals surface area (Å²) in [5.74, 6) is -0.773. The maximum absolute atomic E-state index is 13.0. The van der Waals surface area contributed by atoms with Crippen LogP contribution in [-0.4, -0.2) is 17.0 Å². The predicted molar refractivity (Wildman–Crippen MR) is 81.6 cm³/mol. The molecule has 25 heavy (non-hydrogen) atoms. The first-order chi connectivity index (χ1) is 11.7. The van der Waals surface area contributed by atoms with E-state index in [4.69, 9.17) is 4.52 Å². The van der Waals surface area contributed by atoms with Gasteiger partial charge in [-0.3, -0.25) is 9.59 Å². The largest absolute Gasteiger partial charge is 0.418 e. The highest BCUT2D eigenvalue weighted by Crippen LogP contribution is 2.48. The Kier molecular flexibility index (Phi) is 4.02. The van der Waals surface area contributed by atoms with Crippen molar-refractivity contribution in [3.8, 4) is 0 Å². The molecule has 1 aromatic carbocycles. The third-order valence-electron chi connectivity index (χ3n) is 3.97. The predicted octanol–water partition coefficient (Wildman–Crippen LogP) is 3.36. The van der Waals surface area contributed by atoms with Crippen LogP contribution in [0.5, 0.6) is 0 Å². The fraction of sp³-hybridized carbons (Fsp3) is 0.312. The molecule has 3 rings (SSSR count). The van der Waals surface area contributed by atoms with Gasteiger partial charge in [-0.2, -0.15) is 13.2 Å². The number of carbonyl (C=O) groups excluding carboxylic acids is 2. The van der Waals surface area contributed by atoms with E-state index in [1.54, 1.807) is 6.92 Å². The topological polar surface area (TPSA) is 84.2 Å². The Labute approximate surface area is 140 Å². The van der Waals surface area contributed by atoms with Crippen LogP contribution in [0.1, 0.15) is 24.2 Å². The lowest BCUT2D eigenvalue weighted by Gasteiger charge is -2.17. The van der Waals surface area contributed by atoms with E-state index >= 15 is 0 Å². The molecular formula is C16H14F3N3O3. The van der Waals surface area contributed by atoms with E-state index in [2.05, 4.69) is 15.8 Å². The molecular weight excluding hydrogens is 339 g/mol. The highest BCUT2D eigenvalue weighted by Gasteiger charge is 2.57. The second-order valence-corrected chi connectivity index (χ2v) is 5.86. The number of rotatable bonds is 4. The van der Waals surface area contributed by atoms with E-state index in [0.717, 1.165) is 12.1 Å². The fourth-order valence-electron chi connectivity index (χ4n) is 2.42. The van der Waals surface area contributed by atoms with Crippen molar-refractivity contribution in [2.45, 2.75) is 25.9 Å². The van der Waals surface area contributed by atoms with Gasteiger partial charge in [-0.05, 0) is 31.9 Å². The molecule has 1 aromatic heterocycles. The van der Waals surface area contributed by atoms with Crippen LogP contribution in [0, 0.1) is 12.3 Å². The summed E-state index contributed by atoms with van der Waals surface area (Å²) in [6.07, 6.45) is -4.12. The number of anilines is 2. The Morgan fingerprint density at radius 2 is 1.80 bits per heavy atom. The van der Waals surface area contributed by atoms with Gasteiger partial charge in [0.15, 0.2) is 5.82 Å². The molecule has 1 heterocycles. The Morgan fingerprint density at radius 1 is 1.16 bits per heavy atom. The average molecular weight is 353 g/mol. The third kappa shape index (κ3) is 3.35. The molecule has 9 heteroatoms. The minimum Gasteiger partial charge on any atom is -0.360 e. The lowest BCUT2D eigenvalue weighted by atomic mass is 10.0. The SMILES string of the molecule is Cc1cc(NC(=O)C2(C(=O)Nc3ccccc3C(F)(F)F)CC2)no1. The molecule has 0 saturated heterocycles. The number of aryl methyl sites for hydroxylation is 1. The van der Waals surface area contributed by atoms with Gasteiger partial charge in [0.05, 0.1) is 11.3 Å². The number of nitrogens with one attached hydrogen (secondary N) is 2. The number of para-hydroxylation sites is 1. The highest BCUT2D eigenvalue weighted by molar-refractivity contribution is 6.16. The molecule has 0 aliphatic heterocycles. The number of halogens is 3. The van der Waals surface area contributed by atoms with Crippen LogP contribution in [0.25, 0.3) is 0 Å². The van der Waals surface area contributed by atoms with Crippen molar-refractivity contribution in [3.05, 3.63) is 41.7 Å². The van der Waals surface area contributed by atoms with Crippen LogP contribution in [0.4, 0.5) is 24.7 Å². The van der Waals surface area contributed by atoms with Gasteiger partial charge in [0.1, 0.15) is 11.2 Å². The first-order valence-corrected chi connectivity index (χ1v) is 7.45. The summed E-state index contributed by atoms with van der Waals surface area (Å²) in [5, 5.41) is 8.28. The van der Waals surface area contributed by atoms with Crippen molar-refractivity contribution in [1.82, 2.24) is 5.16 Å². The lowest BCUT2D eigenvalue weighted by Crippen LogP contribution is -2.36. The number of hydrogen-bond acceptors (Lipinski definition) is 4. The van der Waals surface area contributed by atoms with Gasteiger partial charge < -0.3 is 15.2 Å². The van der Waals surface area contributed by atoms with Gasteiger partial charge in [-0.25, -0.2) is 0 Å². The molecule has 0 spiro atoms. The summed E-state index contributed by atoms with van der Waals surface area (Å²) in [4.78, 5) is 24.8. The smallest absolute Gasteiger partial charge is 0.360 e. The van der Waals surface area contributed by atoms with E-state index in [1.807, 2.05) is 0 Å². The van der Waals surface area contributed by atoms with Crippen molar-refractivity contribution >= 4 is 23.3 Å². The number of amides is 2. The second kappa shape index (κ2) is 5.91. The number of hydrogen-bond donors (Lipinski definition) is 2. The Balaban J connectivity index is 1.76. The second-order valence-electron chi connectivity index (χ2n) is 5.86. The van der Waals surface area contributed by atoms with E-state index in [-0.39, 0.29) is 24.3 Å². The van der Waals surface area contributed by atoms with Crippen LogP contribution < -0.4 is 10.6 Å². The molecule has 0 bridgehead atoms. The molecule has 2 N–H and O–H groups in total. The van der Waals surface area contributed by atoms with Crippen molar-refractivity contribution < 1.29 is 27.3 Å². The van der Waals surface area contributed by atoms with Crippen molar-refractivity contribution in [1.29, 1.82) is 0 Å². The number of carbonyl (C=O) groups is 2. The summed E-state index contributed by atoms with van der Waals surface area (Å²) >= 11 is 0. The van der Waals surface area contributed by atoms with E-state index in [0.29, 0.717) is 5.76 Å². The molecule has 0 atom stereocenters. The van der Waals surface area contributed by atoms with Crippen LogP contribution in [0.2, 0.25) is 0 Å². The summed E-state index contributed by atoms with van der Waals surface area (Å²) in [6.45, 7) is 1.64. The maximum atomic E-state index is 13.0. The van der Waals surface area contributed by atoms with Crippen LogP contribution in [0.15, 0.2) is 34.9 Å². The lowest BCUT2D eigenvalue weighted by molar-refractivity contribution is -0.137. The number of benzene rings is 1. The van der Waals surface area contributed by atoms with Crippen molar-refractivity contribution in [2.24, 2.45) is 5.41 Å². The van der Waals surface area contributed by atoms with Gasteiger partial charge in [0.2, 0.25) is 11.8 Å². The summed E-state index contributed by atoms with van der Waals surface area (Å²) < 4.78 is 43.8. The Morgan fingerprint density at radius 3 is 2.36 bits per heavy atom. The van der Waals surface area contributed by atoms with Gasteiger partial charge in [-0.15, -0.1) is 0 Å². The molecule has 2 amide bonds. The monoisotopic (exact) mass is 353 g/mol. The molecule has 132 valence electrons. The highest BCUT2D eigenvalue weighted by atomic mass is 19.4. The van der Waals surface area contributed by atoms with Crippen molar-refractivity contribution in [2.75, 3.05) is 10.6 Å². The molecule has 0 unspecified atom stereocenters. The number of nitrogens with zero attached hydrogens (tertiary/aromatic N) is 1. The Hall–Kier alpha value is -2.84. The van der Waals surface area contributed by atoms with Crippen LogP contribution >= 0.6 is 0 Å². The average Bonchev–Trinajstić information content (AvgIpc) is 3.26. The third-order valence-corrected chi connectivity index (χ3v) is 3.97. The molecule has 1 aliphatic rings. The van der Waals surface area contributed by atoms with Gasteiger partial charge in [0, 0.05) is 6.07 Å². The van der Waals surface area contributed by atoms with Crippen molar-refractivity contribution in [3.63, 3.8) is 0 Å². The standard InChI is InChI=1S/C16H14F3N3O3/c1-9-8-12(22-25-9)21-14(24)15(6-7-15)13(23)20-11-5-3-2-4-10(11)16(17,18)19/h2-5,8H,6-7H2,1H3,(H,20,23)(H,21,22,24). The first-order valence-electron chi connectivity index (χ1n) is 7.45. The molecule has 1 aliphatic carbocycles. The summed E-state index contributed by atoms with van der Waals surface area (Å²) in [7, 11) is 0. The van der Waals surface area contributed by atoms with Gasteiger partial charge >= 0.3 is 6.18 Å². The molecule has 2 aromatic rings. The van der Waals surface area contributed by atoms with E-state index < -0.39 is 29.0 Å². The summed E-state index contributed by atoms with van der Waals surface area (Å²) in [5.41, 5.74) is -2.74. The van der Waals surface area contributed by atoms with Gasteiger partial charge in [0.25, 0.3) is 0 Å². The number of alkyl halides is 3. The van der Waals surface area contributed by atoms with E-state index in [1.165, 1.54) is 18.2 Å². The normalized spacial score (nSPS) is 15.5. The molecule has 1 fully saturated rings. The Bertz CT molecular complexity index is 825.